The second-order valence-electron chi connectivity index (χ2n) is 4.20. The second kappa shape index (κ2) is 5.77. The van der Waals surface area contributed by atoms with Crippen molar-refractivity contribution in [2.24, 2.45) is 0 Å². The molecule has 0 N–H and O–H groups in total. The van der Waals surface area contributed by atoms with E-state index in [1.54, 1.807) is 18.2 Å². The van der Waals surface area contributed by atoms with Gasteiger partial charge in [0.15, 0.2) is 16.4 Å². The third kappa shape index (κ3) is 3.18. The Morgan fingerprint density at radius 2 is 1.86 bits per heavy atom. The van der Waals surface area contributed by atoms with E-state index in [9.17, 15) is 18.0 Å². The summed E-state index contributed by atoms with van der Waals surface area (Å²) in [7, 11) is 1.08. The molecule has 0 atom stereocenters. The summed E-state index contributed by atoms with van der Waals surface area (Å²) < 4.78 is 50.6. The van der Waals surface area contributed by atoms with Crippen molar-refractivity contribution >= 4 is 17.3 Å². The molecular weight excluding hydrogens is 305 g/mol. The number of ether oxygens (including phenoxy) is 2. The largest absolute Gasteiger partial charge is 0.465 e. The number of para-hydroxylation sites is 1. The molecule has 0 saturated heterocycles. The molecule has 112 valence electrons. The number of carbonyl (C=O) groups is 1. The molecule has 3 nitrogen and oxygen atoms in total. The Morgan fingerprint density at radius 1 is 1.24 bits per heavy atom. The highest BCUT2D eigenvalue weighted by Crippen LogP contribution is 2.44. The molecule has 0 unspecified atom stereocenters. The summed E-state index contributed by atoms with van der Waals surface area (Å²) in [5.41, 5.74) is 0. The molecule has 1 heterocycles. The number of alkyl halides is 2. The van der Waals surface area contributed by atoms with Gasteiger partial charge in [-0.15, -0.1) is 11.3 Å². The van der Waals surface area contributed by atoms with Crippen molar-refractivity contribution in [1.82, 2.24) is 0 Å². The first-order chi connectivity index (χ1) is 9.84. The van der Waals surface area contributed by atoms with Gasteiger partial charge in [0.05, 0.1) is 7.11 Å². The van der Waals surface area contributed by atoms with E-state index < -0.39 is 28.3 Å². The first-order valence-electron chi connectivity index (χ1n) is 5.86. The van der Waals surface area contributed by atoms with Gasteiger partial charge in [-0.25, -0.2) is 18.0 Å². The fourth-order valence-electron chi connectivity index (χ4n) is 1.60. The third-order valence-electron chi connectivity index (χ3n) is 2.54. The number of hydrogen-bond acceptors (Lipinski definition) is 4. The number of thiophene rings is 1. The number of carbonyl (C=O) groups excluding carboxylic acids is 1. The highest BCUT2D eigenvalue weighted by molar-refractivity contribution is 7.14. The molecule has 0 saturated carbocycles. The Labute approximate surface area is 122 Å². The number of halogens is 3. The van der Waals surface area contributed by atoms with Crippen LogP contribution < -0.4 is 4.74 Å². The Morgan fingerprint density at radius 3 is 2.38 bits per heavy atom. The molecule has 0 bridgehead atoms. The maximum absolute atomic E-state index is 14.2. The topological polar surface area (TPSA) is 35.5 Å². The lowest BCUT2D eigenvalue weighted by Crippen LogP contribution is -2.06. The summed E-state index contributed by atoms with van der Waals surface area (Å²) in [6.45, 7) is 0.551. The van der Waals surface area contributed by atoms with Crippen molar-refractivity contribution in [2.45, 2.75) is 12.8 Å². The van der Waals surface area contributed by atoms with Crippen LogP contribution in [0.25, 0.3) is 0 Å². The maximum atomic E-state index is 14.2. The van der Waals surface area contributed by atoms with Gasteiger partial charge in [-0.1, -0.05) is 18.2 Å². The van der Waals surface area contributed by atoms with Crippen molar-refractivity contribution in [3.8, 4) is 11.5 Å². The maximum Gasteiger partial charge on any atom is 0.352 e. The van der Waals surface area contributed by atoms with Crippen molar-refractivity contribution in [3.05, 3.63) is 45.9 Å². The molecule has 1 aromatic heterocycles. The molecule has 2 rings (SSSR count). The minimum absolute atomic E-state index is 0.227. The van der Waals surface area contributed by atoms with Crippen LogP contribution in [0.3, 0.4) is 0 Å². The summed E-state index contributed by atoms with van der Waals surface area (Å²) in [6, 6.07) is 8.01. The molecule has 1 aromatic carbocycles. The van der Waals surface area contributed by atoms with Crippen LogP contribution in [0.4, 0.5) is 13.2 Å². The molecule has 0 amide bonds. The molecule has 0 spiro atoms. The van der Waals surface area contributed by atoms with Crippen LogP contribution in [0.2, 0.25) is 0 Å². The molecule has 0 aliphatic carbocycles. The van der Waals surface area contributed by atoms with Crippen LogP contribution in [0.15, 0.2) is 30.3 Å². The quantitative estimate of drug-likeness (QED) is 0.775. The van der Waals surface area contributed by atoms with Crippen LogP contribution in [-0.4, -0.2) is 13.1 Å². The smallest absolute Gasteiger partial charge is 0.352 e. The van der Waals surface area contributed by atoms with Gasteiger partial charge in [0.1, 0.15) is 10.6 Å². The van der Waals surface area contributed by atoms with Gasteiger partial charge in [0.25, 0.3) is 5.92 Å². The minimum Gasteiger partial charge on any atom is -0.465 e. The van der Waals surface area contributed by atoms with Crippen molar-refractivity contribution < 1.29 is 27.4 Å². The van der Waals surface area contributed by atoms with E-state index in [2.05, 4.69) is 4.74 Å². The van der Waals surface area contributed by atoms with Gasteiger partial charge >= 0.3 is 5.97 Å². The Balaban J connectivity index is 2.52. The molecule has 2 aromatic rings. The van der Waals surface area contributed by atoms with Crippen LogP contribution >= 0.6 is 11.3 Å². The Bertz CT molecular complexity index is 647. The molecule has 0 aliphatic heterocycles. The average Bonchev–Trinajstić information content (AvgIpc) is 2.77. The number of rotatable bonds is 4. The zero-order valence-electron chi connectivity index (χ0n) is 11.2. The summed E-state index contributed by atoms with van der Waals surface area (Å²) in [5, 5.41) is 0. The Hall–Kier alpha value is -2.02. The predicted molar refractivity (Wildman–Crippen MR) is 71.7 cm³/mol. The standard InChI is InChI=1S/C14H11F3O3S/c1-14(16,17)12-9(15)10(11(21-12)13(18)19-2)20-8-6-4-3-5-7-8/h3-7H,1-2H3. The van der Waals surface area contributed by atoms with Crippen molar-refractivity contribution in [3.63, 3.8) is 0 Å². The molecule has 0 radical (unpaired) electrons. The average molecular weight is 316 g/mol. The molecular formula is C14H11F3O3S. The molecule has 21 heavy (non-hydrogen) atoms. The summed E-state index contributed by atoms with van der Waals surface area (Å²) in [5.74, 6) is -5.92. The summed E-state index contributed by atoms with van der Waals surface area (Å²) in [6.07, 6.45) is 0. The number of benzene rings is 1. The van der Waals surface area contributed by atoms with Crippen LogP contribution in [-0.2, 0) is 10.7 Å². The van der Waals surface area contributed by atoms with Gasteiger partial charge in [-0.2, -0.15) is 0 Å². The fraction of sp³-hybridized carbons (Fsp3) is 0.214. The van der Waals surface area contributed by atoms with E-state index in [-0.39, 0.29) is 10.6 Å². The zero-order chi connectivity index (χ0) is 15.6. The fourth-order valence-corrected chi connectivity index (χ4v) is 2.56. The number of methoxy groups -OCH3 is 1. The lowest BCUT2D eigenvalue weighted by molar-refractivity contribution is 0.0178. The van der Waals surface area contributed by atoms with E-state index in [0.717, 1.165) is 7.11 Å². The van der Waals surface area contributed by atoms with Crippen LogP contribution in [0.1, 0.15) is 21.5 Å². The lowest BCUT2D eigenvalue weighted by Gasteiger charge is -2.07. The summed E-state index contributed by atoms with van der Waals surface area (Å²) >= 11 is 0.320. The second-order valence-corrected chi connectivity index (χ2v) is 5.22. The van der Waals surface area contributed by atoms with Gasteiger partial charge in [0, 0.05) is 6.92 Å². The minimum atomic E-state index is -3.42. The van der Waals surface area contributed by atoms with Gasteiger partial charge < -0.3 is 9.47 Å². The van der Waals surface area contributed by atoms with E-state index in [4.69, 9.17) is 4.74 Å². The predicted octanol–water partition coefficient (Wildman–Crippen LogP) is 4.58. The number of hydrogen-bond donors (Lipinski definition) is 0. The molecule has 0 aliphatic rings. The van der Waals surface area contributed by atoms with Crippen molar-refractivity contribution in [2.75, 3.05) is 7.11 Å². The highest BCUT2D eigenvalue weighted by Gasteiger charge is 2.37. The normalized spacial score (nSPS) is 11.3. The highest BCUT2D eigenvalue weighted by atomic mass is 32.1. The van der Waals surface area contributed by atoms with Gasteiger partial charge in [-0.3, -0.25) is 0 Å². The van der Waals surface area contributed by atoms with E-state index in [1.165, 1.54) is 12.1 Å². The van der Waals surface area contributed by atoms with Crippen LogP contribution in [0, 0.1) is 5.82 Å². The van der Waals surface area contributed by atoms with E-state index in [1.807, 2.05) is 0 Å². The molecule has 0 fully saturated rings. The SMILES string of the molecule is COC(=O)c1sc(C(C)(F)F)c(F)c1Oc1ccccc1. The monoisotopic (exact) mass is 316 g/mol. The van der Waals surface area contributed by atoms with Crippen molar-refractivity contribution in [1.29, 1.82) is 0 Å². The van der Waals surface area contributed by atoms with Gasteiger partial charge in [-0.05, 0) is 12.1 Å². The zero-order valence-corrected chi connectivity index (χ0v) is 12.0. The first kappa shape index (κ1) is 15.4. The lowest BCUT2D eigenvalue weighted by atomic mass is 10.2. The van der Waals surface area contributed by atoms with E-state index >= 15 is 0 Å². The summed E-state index contributed by atoms with van der Waals surface area (Å²) in [4.78, 5) is 10.4. The van der Waals surface area contributed by atoms with Gasteiger partial charge in [0.2, 0.25) is 0 Å². The molecule has 7 heteroatoms. The Kier molecular flexibility index (Phi) is 4.22. The number of esters is 1. The van der Waals surface area contributed by atoms with Crippen LogP contribution in [0.5, 0.6) is 11.5 Å². The third-order valence-corrected chi connectivity index (χ3v) is 3.84. The first-order valence-corrected chi connectivity index (χ1v) is 6.68. The van der Waals surface area contributed by atoms with E-state index in [0.29, 0.717) is 18.3 Å².